The van der Waals surface area contributed by atoms with Crippen molar-refractivity contribution in [3.63, 3.8) is 0 Å². The molecule has 0 bridgehead atoms. The van der Waals surface area contributed by atoms with Crippen LogP contribution in [0.4, 0.5) is 0 Å². The van der Waals surface area contributed by atoms with Gasteiger partial charge in [0.1, 0.15) is 0 Å². The third-order valence-electron chi connectivity index (χ3n) is 5.88. The molecule has 3 aliphatic rings. The molecule has 1 aliphatic heterocycles. The van der Waals surface area contributed by atoms with E-state index < -0.39 is 0 Å². The second-order valence-corrected chi connectivity index (χ2v) is 7.12. The number of ether oxygens (including phenoxy) is 2. The first-order valence-electron chi connectivity index (χ1n) is 8.55. The maximum atomic E-state index is 5.97. The van der Waals surface area contributed by atoms with Gasteiger partial charge in [-0.25, -0.2) is 0 Å². The van der Waals surface area contributed by atoms with E-state index >= 15 is 0 Å². The molecule has 2 nitrogen and oxygen atoms in total. The van der Waals surface area contributed by atoms with E-state index in [1.165, 1.54) is 57.8 Å². The lowest BCUT2D eigenvalue weighted by Crippen LogP contribution is -2.30. The zero-order chi connectivity index (χ0) is 13.2. The van der Waals surface area contributed by atoms with Gasteiger partial charge in [-0.15, -0.1) is 0 Å². The highest BCUT2D eigenvalue weighted by molar-refractivity contribution is 4.83. The molecular formula is C17H30O2. The van der Waals surface area contributed by atoms with Crippen LogP contribution in [0.5, 0.6) is 0 Å². The first-order valence-corrected chi connectivity index (χ1v) is 8.55. The van der Waals surface area contributed by atoms with Crippen LogP contribution in [0.1, 0.15) is 71.6 Å². The Morgan fingerprint density at radius 1 is 0.579 bits per heavy atom. The summed E-state index contributed by atoms with van der Waals surface area (Å²) in [5.41, 5.74) is 0. The van der Waals surface area contributed by atoms with Crippen LogP contribution in [0.25, 0.3) is 0 Å². The Balaban J connectivity index is 1.46. The van der Waals surface area contributed by atoms with E-state index in [-0.39, 0.29) is 18.5 Å². The fourth-order valence-corrected chi connectivity index (χ4v) is 4.39. The zero-order valence-electron chi connectivity index (χ0n) is 12.6. The molecule has 2 heteroatoms. The predicted molar refractivity (Wildman–Crippen MR) is 76.9 cm³/mol. The molecule has 2 atom stereocenters. The lowest BCUT2D eigenvalue weighted by atomic mass is 9.71. The monoisotopic (exact) mass is 266 g/mol. The summed E-state index contributed by atoms with van der Waals surface area (Å²) < 4.78 is 11.9. The number of hydrogen-bond donors (Lipinski definition) is 0. The van der Waals surface area contributed by atoms with E-state index in [2.05, 4.69) is 13.8 Å². The molecule has 0 radical (unpaired) electrons. The highest BCUT2D eigenvalue weighted by Crippen LogP contribution is 2.42. The van der Waals surface area contributed by atoms with Crippen molar-refractivity contribution in [1.82, 2.24) is 0 Å². The summed E-state index contributed by atoms with van der Waals surface area (Å²) in [6, 6.07) is 0. The van der Waals surface area contributed by atoms with Crippen LogP contribution in [0.15, 0.2) is 0 Å². The van der Waals surface area contributed by atoms with E-state index in [1.54, 1.807) is 0 Å². The van der Waals surface area contributed by atoms with Crippen molar-refractivity contribution in [3.8, 4) is 0 Å². The molecular weight excluding hydrogens is 236 g/mol. The van der Waals surface area contributed by atoms with Crippen LogP contribution in [0.3, 0.4) is 0 Å². The first-order chi connectivity index (χ1) is 9.24. The van der Waals surface area contributed by atoms with Gasteiger partial charge in [-0.1, -0.05) is 32.1 Å². The van der Waals surface area contributed by atoms with Crippen LogP contribution < -0.4 is 0 Å². The fraction of sp³-hybridized carbons (Fsp3) is 1.00. The third kappa shape index (κ3) is 3.16. The van der Waals surface area contributed by atoms with E-state index in [9.17, 15) is 0 Å². The highest BCUT2D eigenvalue weighted by atomic mass is 16.7. The lowest BCUT2D eigenvalue weighted by molar-refractivity contribution is -0.113. The van der Waals surface area contributed by atoms with Crippen LogP contribution in [-0.2, 0) is 9.47 Å². The van der Waals surface area contributed by atoms with Crippen LogP contribution in [0, 0.1) is 17.8 Å². The summed E-state index contributed by atoms with van der Waals surface area (Å²) in [4.78, 5) is 0. The van der Waals surface area contributed by atoms with Crippen molar-refractivity contribution in [2.45, 2.75) is 90.1 Å². The van der Waals surface area contributed by atoms with E-state index in [1.807, 2.05) is 0 Å². The van der Waals surface area contributed by atoms with E-state index in [4.69, 9.17) is 9.47 Å². The molecule has 110 valence electrons. The highest BCUT2D eigenvalue weighted by Gasteiger charge is 2.38. The van der Waals surface area contributed by atoms with Gasteiger partial charge in [0, 0.05) is 5.92 Å². The predicted octanol–water partition coefficient (Wildman–Crippen LogP) is 4.52. The molecule has 0 aromatic heterocycles. The largest absolute Gasteiger partial charge is 0.347 e. The number of hydrogen-bond acceptors (Lipinski definition) is 2. The van der Waals surface area contributed by atoms with E-state index in [0.717, 1.165) is 11.8 Å². The molecule has 0 amide bonds. The Hall–Kier alpha value is -0.0800. The van der Waals surface area contributed by atoms with Crippen LogP contribution in [0.2, 0.25) is 0 Å². The SMILES string of the molecule is CC1OC(C2CCC(C3CCCCC3)CC2)OC1C. The topological polar surface area (TPSA) is 18.5 Å². The second-order valence-electron chi connectivity index (χ2n) is 7.12. The van der Waals surface area contributed by atoms with Crippen molar-refractivity contribution in [2.24, 2.45) is 17.8 Å². The Kier molecular flexibility index (Phi) is 4.48. The third-order valence-corrected chi connectivity index (χ3v) is 5.88. The maximum Gasteiger partial charge on any atom is 0.161 e. The minimum Gasteiger partial charge on any atom is -0.347 e. The number of rotatable bonds is 2. The summed E-state index contributed by atoms with van der Waals surface area (Å²) in [6.45, 7) is 4.27. The Labute approximate surface area is 118 Å². The molecule has 3 rings (SSSR count). The van der Waals surface area contributed by atoms with Crippen molar-refractivity contribution >= 4 is 0 Å². The maximum absolute atomic E-state index is 5.97. The Morgan fingerprint density at radius 2 is 1.05 bits per heavy atom. The summed E-state index contributed by atoms with van der Waals surface area (Å²) in [5.74, 6) is 2.71. The van der Waals surface area contributed by atoms with Gasteiger partial charge >= 0.3 is 0 Å². The molecule has 19 heavy (non-hydrogen) atoms. The molecule has 0 aromatic rings. The second kappa shape index (κ2) is 6.13. The minimum absolute atomic E-state index is 0.0947. The molecule has 0 aromatic carbocycles. The lowest BCUT2D eigenvalue weighted by Gasteiger charge is -2.37. The van der Waals surface area contributed by atoms with Crippen LogP contribution in [-0.4, -0.2) is 18.5 Å². The van der Waals surface area contributed by atoms with Gasteiger partial charge in [0.25, 0.3) is 0 Å². The Bertz CT molecular complexity index is 267. The van der Waals surface area contributed by atoms with Gasteiger partial charge in [-0.05, 0) is 51.4 Å². The Morgan fingerprint density at radius 3 is 1.63 bits per heavy atom. The molecule has 2 aliphatic carbocycles. The van der Waals surface area contributed by atoms with Gasteiger partial charge in [-0.3, -0.25) is 0 Å². The summed E-state index contributed by atoms with van der Waals surface area (Å²) in [7, 11) is 0. The zero-order valence-corrected chi connectivity index (χ0v) is 12.6. The van der Waals surface area contributed by atoms with Gasteiger partial charge < -0.3 is 9.47 Å². The summed E-state index contributed by atoms with van der Waals surface area (Å²) in [5, 5.41) is 0. The molecule has 3 fully saturated rings. The van der Waals surface area contributed by atoms with Gasteiger partial charge in [0.2, 0.25) is 0 Å². The first kappa shape index (κ1) is 13.9. The summed E-state index contributed by atoms with van der Waals surface area (Å²) in [6.07, 6.45) is 13.6. The van der Waals surface area contributed by atoms with Crippen molar-refractivity contribution in [2.75, 3.05) is 0 Å². The van der Waals surface area contributed by atoms with Crippen molar-refractivity contribution < 1.29 is 9.47 Å². The van der Waals surface area contributed by atoms with E-state index in [0.29, 0.717) is 5.92 Å². The van der Waals surface area contributed by atoms with Gasteiger partial charge in [-0.2, -0.15) is 0 Å². The fourth-order valence-electron chi connectivity index (χ4n) is 4.39. The molecule has 2 saturated carbocycles. The average molecular weight is 266 g/mol. The van der Waals surface area contributed by atoms with Gasteiger partial charge in [0.05, 0.1) is 12.2 Å². The summed E-state index contributed by atoms with van der Waals surface area (Å²) >= 11 is 0. The average Bonchev–Trinajstić information content (AvgIpc) is 2.80. The van der Waals surface area contributed by atoms with Crippen molar-refractivity contribution in [1.29, 1.82) is 0 Å². The van der Waals surface area contributed by atoms with Crippen LogP contribution >= 0.6 is 0 Å². The minimum atomic E-state index is 0.0947. The van der Waals surface area contributed by atoms with Gasteiger partial charge in [0.15, 0.2) is 6.29 Å². The standard InChI is InChI=1S/C17H30O2/c1-12-13(2)19-17(18-12)16-10-8-15(9-11-16)14-6-4-3-5-7-14/h12-17H,3-11H2,1-2H3. The molecule has 0 N–H and O–H groups in total. The smallest absolute Gasteiger partial charge is 0.161 e. The molecule has 0 spiro atoms. The molecule has 1 saturated heterocycles. The molecule has 1 heterocycles. The quantitative estimate of drug-likeness (QED) is 0.731. The normalized spacial score (nSPS) is 45.5. The molecule has 2 unspecified atom stereocenters. The van der Waals surface area contributed by atoms with Crippen molar-refractivity contribution in [3.05, 3.63) is 0 Å².